The van der Waals surface area contributed by atoms with E-state index in [0.717, 1.165) is 25.9 Å². The lowest BCUT2D eigenvalue weighted by Crippen LogP contribution is -2.39. The van der Waals surface area contributed by atoms with Crippen LogP contribution >= 0.6 is 0 Å². The van der Waals surface area contributed by atoms with Gasteiger partial charge in [-0.25, -0.2) is 0 Å². The molecule has 2 saturated heterocycles. The number of carbonyl (C=O) groups excluding carboxylic acids is 1. The first-order chi connectivity index (χ1) is 8.29. The summed E-state index contributed by atoms with van der Waals surface area (Å²) >= 11 is 0. The lowest BCUT2D eigenvalue weighted by molar-refractivity contribution is -0.131. The first-order valence-electron chi connectivity index (χ1n) is 6.65. The zero-order valence-electron chi connectivity index (χ0n) is 10.4. The van der Waals surface area contributed by atoms with Crippen LogP contribution in [0, 0.1) is 0 Å². The smallest absolute Gasteiger partial charge is 0.249 e. The maximum absolute atomic E-state index is 11.8. The zero-order chi connectivity index (χ0) is 12.1. The van der Waals surface area contributed by atoms with E-state index in [4.69, 9.17) is 10.5 Å². The van der Waals surface area contributed by atoms with E-state index in [1.807, 2.05) is 0 Å². The third-order valence-electron chi connectivity index (χ3n) is 3.59. The minimum Gasteiger partial charge on any atom is -0.364 e. The van der Waals surface area contributed by atoms with Crippen molar-refractivity contribution in [2.24, 2.45) is 5.73 Å². The van der Waals surface area contributed by atoms with E-state index in [0.29, 0.717) is 6.54 Å². The second-order valence-electron chi connectivity index (χ2n) is 4.90. The van der Waals surface area contributed by atoms with Crippen LogP contribution in [0.25, 0.3) is 0 Å². The quantitative estimate of drug-likeness (QED) is 0.694. The Labute approximate surface area is 103 Å². The molecule has 0 aromatic heterocycles. The van der Waals surface area contributed by atoms with Crippen LogP contribution in [-0.4, -0.2) is 55.7 Å². The lowest BCUT2D eigenvalue weighted by atomic mass is 10.2. The number of rotatable bonds is 5. The van der Waals surface area contributed by atoms with Crippen molar-refractivity contribution >= 4 is 5.91 Å². The number of ether oxygens (including phenoxy) is 1. The van der Waals surface area contributed by atoms with Crippen LogP contribution in [0.5, 0.6) is 0 Å². The van der Waals surface area contributed by atoms with Crippen molar-refractivity contribution in [1.82, 2.24) is 10.2 Å². The van der Waals surface area contributed by atoms with Gasteiger partial charge in [0, 0.05) is 19.6 Å². The topological polar surface area (TPSA) is 67.6 Å². The van der Waals surface area contributed by atoms with Crippen molar-refractivity contribution in [3.8, 4) is 0 Å². The van der Waals surface area contributed by atoms with E-state index in [9.17, 15) is 4.79 Å². The van der Waals surface area contributed by atoms with E-state index < -0.39 is 0 Å². The number of hydrogen-bond acceptors (Lipinski definition) is 4. The van der Waals surface area contributed by atoms with Gasteiger partial charge < -0.3 is 20.7 Å². The van der Waals surface area contributed by atoms with Crippen molar-refractivity contribution < 1.29 is 9.53 Å². The number of amides is 1. The fourth-order valence-corrected chi connectivity index (χ4v) is 2.53. The van der Waals surface area contributed by atoms with Crippen molar-refractivity contribution in [2.45, 2.75) is 37.9 Å². The fraction of sp³-hybridized carbons (Fsp3) is 0.917. The maximum Gasteiger partial charge on any atom is 0.249 e. The van der Waals surface area contributed by atoms with Crippen LogP contribution in [0.15, 0.2) is 0 Å². The molecule has 0 spiro atoms. The van der Waals surface area contributed by atoms with Crippen LogP contribution in [0.2, 0.25) is 0 Å². The normalized spacial score (nSPS) is 29.7. The predicted octanol–water partition coefficient (Wildman–Crippen LogP) is -0.295. The molecular formula is C12H23N3O2. The first kappa shape index (κ1) is 12.8. The number of likely N-dealkylation sites (tertiary alicyclic amines) is 1. The maximum atomic E-state index is 11.8. The number of hydrogen-bond donors (Lipinski definition) is 2. The van der Waals surface area contributed by atoms with Gasteiger partial charge in [-0.05, 0) is 38.8 Å². The molecule has 0 bridgehead atoms. The Kier molecular flexibility index (Phi) is 4.76. The van der Waals surface area contributed by atoms with Gasteiger partial charge in [0.05, 0.1) is 6.10 Å². The highest BCUT2D eigenvalue weighted by molar-refractivity contribution is 5.81. The van der Waals surface area contributed by atoms with Crippen LogP contribution in [-0.2, 0) is 9.53 Å². The Balaban J connectivity index is 1.60. The first-order valence-corrected chi connectivity index (χ1v) is 6.65. The fourth-order valence-electron chi connectivity index (χ4n) is 2.53. The molecule has 0 aliphatic carbocycles. The molecule has 0 aromatic carbocycles. The Morgan fingerprint density at radius 1 is 1.35 bits per heavy atom. The summed E-state index contributed by atoms with van der Waals surface area (Å²) < 4.78 is 5.54. The molecule has 2 aliphatic heterocycles. The molecule has 5 heteroatoms. The molecule has 2 fully saturated rings. The highest BCUT2D eigenvalue weighted by Gasteiger charge is 2.29. The summed E-state index contributed by atoms with van der Waals surface area (Å²) in [5, 5.41) is 2.95. The van der Waals surface area contributed by atoms with Gasteiger partial charge in [0.1, 0.15) is 6.10 Å². The summed E-state index contributed by atoms with van der Waals surface area (Å²) in [6.45, 7) is 4.54. The van der Waals surface area contributed by atoms with Gasteiger partial charge in [0.25, 0.3) is 0 Å². The summed E-state index contributed by atoms with van der Waals surface area (Å²) in [5.41, 5.74) is 5.52. The van der Waals surface area contributed by atoms with E-state index in [1.54, 1.807) is 0 Å². The molecule has 5 nitrogen and oxygen atoms in total. The lowest BCUT2D eigenvalue weighted by Gasteiger charge is -2.16. The Hall–Kier alpha value is -0.650. The average Bonchev–Trinajstić information content (AvgIpc) is 2.99. The van der Waals surface area contributed by atoms with E-state index in [-0.39, 0.29) is 18.1 Å². The molecule has 0 aromatic rings. The molecule has 0 unspecified atom stereocenters. The van der Waals surface area contributed by atoms with Crippen LogP contribution in [0.1, 0.15) is 25.7 Å². The summed E-state index contributed by atoms with van der Waals surface area (Å²) in [6, 6.07) is 0. The molecule has 3 N–H and O–H groups in total. The molecule has 2 rings (SSSR count). The standard InChI is InChI=1S/C12H23N3O2/c13-9-10-3-4-11(17-10)12(16)14-5-8-15-6-1-2-7-15/h10-11H,1-9,13H2,(H,14,16)/t10-,11+/m1/s1. The van der Waals surface area contributed by atoms with Gasteiger partial charge in [0.15, 0.2) is 0 Å². The molecule has 2 atom stereocenters. The van der Waals surface area contributed by atoms with E-state index in [2.05, 4.69) is 10.2 Å². The van der Waals surface area contributed by atoms with Gasteiger partial charge >= 0.3 is 0 Å². The van der Waals surface area contributed by atoms with E-state index >= 15 is 0 Å². The largest absolute Gasteiger partial charge is 0.364 e. The number of nitrogens with one attached hydrogen (secondary N) is 1. The average molecular weight is 241 g/mol. The molecular weight excluding hydrogens is 218 g/mol. The van der Waals surface area contributed by atoms with Gasteiger partial charge in [-0.2, -0.15) is 0 Å². The molecule has 2 heterocycles. The van der Waals surface area contributed by atoms with Crippen molar-refractivity contribution in [1.29, 1.82) is 0 Å². The second kappa shape index (κ2) is 6.33. The molecule has 0 radical (unpaired) electrons. The molecule has 98 valence electrons. The Morgan fingerprint density at radius 2 is 2.12 bits per heavy atom. The van der Waals surface area contributed by atoms with Crippen molar-refractivity contribution in [3.63, 3.8) is 0 Å². The number of nitrogens with two attached hydrogens (primary N) is 1. The van der Waals surface area contributed by atoms with Crippen molar-refractivity contribution in [2.75, 3.05) is 32.7 Å². The summed E-state index contributed by atoms with van der Waals surface area (Å²) in [6.07, 6.45) is 4.08. The molecule has 1 amide bonds. The summed E-state index contributed by atoms with van der Waals surface area (Å²) in [4.78, 5) is 14.2. The Bertz CT molecular complexity index is 254. The molecule has 17 heavy (non-hydrogen) atoms. The van der Waals surface area contributed by atoms with E-state index in [1.165, 1.54) is 25.9 Å². The minimum absolute atomic E-state index is 0.0279. The monoisotopic (exact) mass is 241 g/mol. The highest BCUT2D eigenvalue weighted by Crippen LogP contribution is 2.18. The highest BCUT2D eigenvalue weighted by atomic mass is 16.5. The zero-order valence-corrected chi connectivity index (χ0v) is 10.4. The molecule has 0 saturated carbocycles. The summed E-state index contributed by atoms with van der Waals surface area (Å²) in [7, 11) is 0. The minimum atomic E-state index is -0.276. The van der Waals surface area contributed by atoms with Gasteiger partial charge in [-0.15, -0.1) is 0 Å². The van der Waals surface area contributed by atoms with Crippen LogP contribution < -0.4 is 11.1 Å². The third-order valence-corrected chi connectivity index (χ3v) is 3.59. The number of carbonyl (C=O) groups is 1. The third kappa shape index (κ3) is 3.66. The Morgan fingerprint density at radius 3 is 2.76 bits per heavy atom. The van der Waals surface area contributed by atoms with Gasteiger partial charge in [-0.3, -0.25) is 4.79 Å². The SMILES string of the molecule is NC[C@H]1CC[C@@H](C(=O)NCCN2CCCC2)O1. The summed E-state index contributed by atoms with van der Waals surface area (Å²) in [5.74, 6) is 0.0279. The van der Waals surface area contributed by atoms with Crippen LogP contribution in [0.3, 0.4) is 0 Å². The molecule has 2 aliphatic rings. The second-order valence-corrected chi connectivity index (χ2v) is 4.90. The number of nitrogens with zero attached hydrogens (tertiary/aromatic N) is 1. The predicted molar refractivity (Wildman–Crippen MR) is 65.6 cm³/mol. The van der Waals surface area contributed by atoms with Gasteiger partial charge in [0.2, 0.25) is 5.91 Å². The van der Waals surface area contributed by atoms with Crippen molar-refractivity contribution in [3.05, 3.63) is 0 Å². The van der Waals surface area contributed by atoms with Gasteiger partial charge in [-0.1, -0.05) is 0 Å². The van der Waals surface area contributed by atoms with Crippen LogP contribution in [0.4, 0.5) is 0 Å².